The van der Waals surface area contributed by atoms with Crippen molar-refractivity contribution in [2.24, 2.45) is 7.05 Å². The van der Waals surface area contributed by atoms with Crippen LogP contribution >= 0.6 is 0 Å². The Morgan fingerprint density at radius 3 is 2.70 bits per heavy atom. The minimum Gasteiger partial charge on any atom is -0.464 e. The highest BCUT2D eigenvalue weighted by Crippen LogP contribution is 2.29. The molecule has 1 heterocycles. The molecule has 0 spiro atoms. The Labute approximate surface area is 117 Å². The highest BCUT2D eigenvalue weighted by atomic mass is 16.6. The van der Waals surface area contributed by atoms with Gasteiger partial charge in [0.05, 0.1) is 11.5 Å². The molecule has 0 bridgehead atoms. The number of aryl methyl sites for hydroxylation is 2. The third-order valence-corrected chi connectivity index (χ3v) is 2.75. The molecule has 8 heteroatoms. The molecule has 1 atom stereocenters. The number of ether oxygens (including phenoxy) is 1. The lowest BCUT2D eigenvalue weighted by Crippen LogP contribution is -2.29. The van der Waals surface area contributed by atoms with Crippen molar-refractivity contribution in [3.05, 3.63) is 15.8 Å². The molecular weight excluding hydrogens is 264 g/mol. The normalized spacial score (nSPS) is 12.0. The summed E-state index contributed by atoms with van der Waals surface area (Å²) in [5, 5.41) is 18.2. The summed E-state index contributed by atoms with van der Waals surface area (Å²) < 4.78 is 6.26. The lowest BCUT2D eigenvalue weighted by molar-refractivity contribution is -0.384. The van der Waals surface area contributed by atoms with E-state index in [1.807, 2.05) is 6.92 Å². The van der Waals surface area contributed by atoms with Gasteiger partial charge < -0.3 is 10.1 Å². The van der Waals surface area contributed by atoms with Gasteiger partial charge >= 0.3 is 11.7 Å². The van der Waals surface area contributed by atoms with Gasteiger partial charge in [-0.2, -0.15) is 5.10 Å². The second kappa shape index (κ2) is 6.88. The Hall–Kier alpha value is -2.12. The number of esters is 1. The van der Waals surface area contributed by atoms with Crippen molar-refractivity contribution in [3.8, 4) is 0 Å². The number of hydrogen-bond donors (Lipinski definition) is 1. The molecule has 0 saturated heterocycles. The van der Waals surface area contributed by atoms with Crippen LogP contribution in [0.2, 0.25) is 0 Å². The number of nitrogens with one attached hydrogen (secondary N) is 1. The summed E-state index contributed by atoms with van der Waals surface area (Å²) in [7, 11) is 1.60. The summed E-state index contributed by atoms with van der Waals surface area (Å²) in [6, 6.07) is -0.682. The van der Waals surface area contributed by atoms with E-state index < -0.39 is 16.9 Å². The average molecular weight is 284 g/mol. The van der Waals surface area contributed by atoms with Gasteiger partial charge in [0.2, 0.25) is 5.82 Å². The first-order valence-electron chi connectivity index (χ1n) is 6.55. The first-order chi connectivity index (χ1) is 9.42. The topological polar surface area (TPSA) is 99.3 Å². The Bertz CT molecular complexity index is 498. The van der Waals surface area contributed by atoms with Gasteiger partial charge in [0, 0.05) is 7.05 Å². The summed E-state index contributed by atoms with van der Waals surface area (Å²) in [6.07, 6.45) is 1.27. The maximum atomic E-state index is 11.6. The van der Waals surface area contributed by atoms with Crippen LogP contribution in [-0.2, 0) is 23.0 Å². The van der Waals surface area contributed by atoms with Crippen LogP contribution in [0.15, 0.2) is 0 Å². The van der Waals surface area contributed by atoms with Crippen molar-refractivity contribution in [1.82, 2.24) is 9.78 Å². The third-order valence-electron chi connectivity index (χ3n) is 2.75. The zero-order valence-electron chi connectivity index (χ0n) is 12.2. The second-order valence-electron chi connectivity index (χ2n) is 4.39. The van der Waals surface area contributed by atoms with Gasteiger partial charge in [0.1, 0.15) is 11.7 Å². The molecule has 1 N–H and O–H groups in total. The van der Waals surface area contributed by atoms with Gasteiger partial charge in [-0.15, -0.1) is 0 Å². The molecule has 112 valence electrons. The summed E-state index contributed by atoms with van der Waals surface area (Å²) in [4.78, 5) is 22.3. The van der Waals surface area contributed by atoms with Crippen molar-refractivity contribution in [1.29, 1.82) is 0 Å². The lowest BCUT2D eigenvalue weighted by atomic mass is 10.2. The van der Waals surface area contributed by atoms with Crippen LogP contribution in [0.25, 0.3) is 0 Å². The lowest BCUT2D eigenvalue weighted by Gasteiger charge is -2.13. The Morgan fingerprint density at radius 2 is 2.20 bits per heavy atom. The number of carbonyl (C=O) groups excluding carboxylic acids is 1. The molecule has 0 aliphatic rings. The smallest absolute Gasteiger partial charge is 0.334 e. The van der Waals surface area contributed by atoms with Gasteiger partial charge in [-0.25, -0.2) is 9.48 Å². The van der Waals surface area contributed by atoms with Crippen LogP contribution in [0.5, 0.6) is 0 Å². The van der Waals surface area contributed by atoms with E-state index in [4.69, 9.17) is 4.74 Å². The zero-order chi connectivity index (χ0) is 15.3. The predicted molar refractivity (Wildman–Crippen MR) is 73.6 cm³/mol. The first kappa shape index (κ1) is 15.9. The summed E-state index contributed by atoms with van der Waals surface area (Å²) in [5.74, 6) is -0.237. The van der Waals surface area contributed by atoms with E-state index in [-0.39, 0.29) is 18.1 Å². The van der Waals surface area contributed by atoms with Crippen molar-refractivity contribution >= 4 is 17.5 Å². The maximum absolute atomic E-state index is 11.6. The largest absolute Gasteiger partial charge is 0.464 e. The van der Waals surface area contributed by atoms with Gasteiger partial charge in [-0.05, 0) is 20.3 Å². The van der Waals surface area contributed by atoms with Crippen LogP contribution in [0, 0.1) is 10.1 Å². The minimum absolute atomic E-state index is 0.0782. The molecule has 0 amide bonds. The molecule has 8 nitrogen and oxygen atoms in total. The molecule has 0 aromatic carbocycles. The molecule has 1 aromatic rings. The van der Waals surface area contributed by atoms with Crippen molar-refractivity contribution in [3.63, 3.8) is 0 Å². The van der Waals surface area contributed by atoms with E-state index >= 15 is 0 Å². The molecule has 1 rings (SSSR count). The number of carbonyl (C=O) groups is 1. The highest BCUT2D eigenvalue weighted by Gasteiger charge is 2.28. The van der Waals surface area contributed by atoms with Crippen LogP contribution in [0.4, 0.5) is 11.5 Å². The molecular formula is C12H20N4O4. The fourth-order valence-electron chi connectivity index (χ4n) is 1.86. The van der Waals surface area contributed by atoms with Crippen molar-refractivity contribution in [2.45, 2.75) is 39.7 Å². The van der Waals surface area contributed by atoms with Gasteiger partial charge in [0.25, 0.3) is 0 Å². The van der Waals surface area contributed by atoms with Crippen molar-refractivity contribution < 1.29 is 14.5 Å². The third kappa shape index (κ3) is 3.46. The molecule has 0 aliphatic carbocycles. The quantitative estimate of drug-likeness (QED) is 0.464. The molecule has 20 heavy (non-hydrogen) atoms. The SMILES string of the molecule is CCCc1nn(C)c(NC(C)C(=O)OCC)c1[N+](=O)[O-]. The highest BCUT2D eigenvalue weighted by molar-refractivity contribution is 5.79. The van der Waals surface area contributed by atoms with Crippen LogP contribution in [0.3, 0.4) is 0 Å². The second-order valence-corrected chi connectivity index (χ2v) is 4.39. The van der Waals surface area contributed by atoms with E-state index in [0.717, 1.165) is 6.42 Å². The van der Waals surface area contributed by atoms with Gasteiger partial charge in [0.15, 0.2) is 0 Å². The number of nitrogens with zero attached hydrogens (tertiary/aromatic N) is 3. The molecule has 0 saturated carbocycles. The van der Waals surface area contributed by atoms with Gasteiger partial charge in [-0.1, -0.05) is 13.3 Å². The fourth-order valence-corrected chi connectivity index (χ4v) is 1.86. The number of aromatic nitrogens is 2. The maximum Gasteiger partial charge on any atom is 0.334 e. The van der Waals surface area contributed by atoms with E-state index in [2.05, 4.69) is 10.4 Å². The number of nitro groups is 1. The van der Waals surface area contributed by atoms with Gasteiger partial charge in [-0.3, -0.25) is 10.1 Å². The van der Waals surface area contributed by atoms with Crippen LogP contribution in [-0.4, -0.2) is 33.3 Å². The van der Waals surface area contributed by atoms with E-state index in [1.165, 1.54) is 4.68 Å². The van der Waals surface area contributed by atoms with Crippen molar-refractivity contribution in [2.75, 3.05) is 11.9 Å². The molecule has 1 aromatic heterocycles. The zero-order valence-corrected chi connectivity index (χ0v) is 12.2. The predicted octanol–water partition coefficient (Wildman–Crippen LogP) is 1.64. The molecule has 0 fully saturated rings. The standard InChI is InChI=1S/C12H20N4O4/c1-5-7-9-10(16(18)19)11(15(4)14-9)13-8(3)12(17)20-6-2/h8,13H,5-7H2,1-4H3. The molecule has 0 aliphatic heterocycles. The van der Waals surface area contributed by atoms with Crippen LogP contribution in [0.1, 0.15) is 32.9 Å². The number of rotatable bonds is 7. The minimum atomic E-state index is -0.682. The Balaban J connectivity index is 3.05. The summed E-state index contributed by atoms with van der Waals surface area (Å²) in [5.41, 5.74) is 0.337. The summed E-state index contributed by atoms with van der Waals surface area (Å²) >= 11 is 0. The summed E-state index contributed by atoms with van der Waals surface area (Å²) in [6.45, 7) is 5.48. The number of anilines is 1. The van der Waals surface area contributed by atoms with E-state index in [1.54, 1.807) is 20.9 Å². The number of hydrogen-bond acceptors (Lipinski definition) is 6. The molecule has 1 unspecified atom stereocenters. The molecule has 0 radical (unpaired) electrons. The Kier molecular flexibility index (Phi) is 5.48. The van der Waals surface area contributed by atoms with E-state index in [0.29, 0.717) is 12.1 Å². The average Bonchev–Trinajstić information content (AvgIpc) is 2.66. The fraction of sp³-hybridized carbons (Fsp3) is 0.667. The monoisotopic (exact) mass is 284 g/mol. The van der Waals surface area contributed by atoms with E-state index in [9.17, 15) is 14.9 Å². The Morgan fingerprint density at radius 1 is 1.55 bits per heavy atom. The van der Waals surface area contributed by atoms with Crippen LogP contribution < -0.4 is 5.32 Å². The first-order valence-corrected chi connectivity index (χ1v) is 6.55.